The van der Waals surface area contributed by atoms with Crippen molar-refractivity contribution < 1.29 is 24.6 Å². The van der Waals surface area contributed by atoms with Gasteiger partial charge in [0.25, 0.3) is 0 Å². The predicted octanol–water partition coefficient (Wildman–Crippen LogP) is 2.11. The number of carboxylic acids is 2. The molecule has 2 aliphatic rings. The number of allylic oxidation sites excluding steroid dienone is 1. The van der Waals surface area contributed by atoms with E-state index in [1.54, 1.807) is 0 Å². The van der Waals surface area contributed by atoms with Gasteiger partial charge in [-0.3, -0.25) is 14.4 Å². The van der Waals surface area contributed by atoms with Gasteiger partial charge < -0.3 is 10.2 Å². The van der Waals surface area contributed by atoms with Gasteiger partial charge in [-0.05, 0) is 29.7 Å². The topological polar surface area (TPSA) is 91.7 Å². The van der Waals surface area contributed by atoms with Crippen LogP contribution >= 0.6 is 0 Å². The summed E-state index contributed by atoms with van der Waals surface area (Å²) in [6.07, 6.45) is 2.57. The van der Waals surface area contributed by atoms with E-state index in [0.717, 1.165) is 12.8 Å². The fourth-order valence-electron chi connectivity index (χ4n) is 3.74. The first-order valence-electron chi connectivity index (χ1n) is 6.82. The van der Waals surface area contributed by atoms with Crippen molar-refractivity contribution in [3.05, 3.63) is 11.6 Å². The highest BCUT2D eigenvalue weighted by Crippen LogP contribution is 2.65. The Morgan fingerprint density at radius 3 is 2.35 bits per heavy atom. The third kappa shape index (κ3) is 1.87. The average Bonchev–Trinajstić information content (AvgIpc) is 2.62. The molecule has 3 atom stereocenters. The van der Waals surface area contributed by atoms with Gasteiger partial charge in [-0.1, -0.05) is 26.8 Å². The van der Waals surface area contributed by atoms with Crippen LogP contribution in [0.1, 0.15) is 40.0 Å². The molecule has 0 radical (unpaired) electrons. The Labute approximate surface area is 117 Å². The van der Waals surface area contributed by atoms with Crippen LogP contribution in [0.25, 0.3) is 0 Å². The average molecular weight is 280 g/mol. The maximum Gasteiger partial charge on any atom is 0.310 e. The van der Waals surface area contributed by atoms with Gasteiger partial charge in [0, 0.05) is 5.41 Å². The predicted molar refractivity (Wildman–Crippen MR) is 71.1 cm³/mol. The maximum atomic E-state index is 12.5. The zero-order chi connectivity index (χ0) is 15.3. The summed E-state index contributed by atoms with van der Waals surface area (Å²) in [6.45, 7) is 6.01. The van der Waals surface area contributed by atoms with Crippen molar-refractivity contribution in [3.8, 4) is 0 Å². The maximum absolute atomic E-state index is 12.5. The van der Waals surface area contributed by atoms with E-state index in [-0.39, 0.29) is 17.1 Å². The smallest absolute Gasteiger partial charge is 0.310 e. The molecule has 5 heteroatoms. The van der Waals surface area contributed by atoms with E-state index in [4.69, 9.17) is 10.2 Å². The number of aliphatic carboxylic acids is 2. The summed E-state index contributed by atoms with van der Waals surface area (Å²) in [4.78, 5) is 34.4. The van der Waals surface area contributed by atoms with Gasteiger partial charge in [0.15, 0.2) is 5.78 Å². The van der Waals surface area contributed by atoms with Crippen molar-refractivity contribution in [3.63, 3.8) is 0 Å². The van der Waals surface area contributed by atoms with E-state index in [1.165, 1.54) is 6.08 Å². The second-order valence-electron chi connectivity index (χ2n) is 6.64. The SMILES string of the molecule is CC1(C)[C@H]2CC[C@]1(C)C(=O)C2=C[C@@H](CC(=O)O)C(=O)O. The third-order valence-electron chi connectivity index (χ3n) is 5.46. The molecule has 2 aliphatic carbocycles. The molecular formula is C15H20O5. The number of hydrogen-bond donors (Lipinski definition) is 2. The molecule has 2 rings (SSSR count). The molecule has 2 N–H and O–H groups in total. The summed E-state index contributed by atoms with van der Waals surface area (Å²) in [5.74, 6) is -3.47. The normalized spacial score (nSPS) is 34.5. The lowest BCUT2D eigenvalue weighted by Gasteiger charge is -2.31. The van der Waals surface area contributed by atoms with Crippen LogP contribution in [0.5, 0.6) is 0 Å². The summed E-state index contributed by atoms with van der Waals surface area (Å²) in [5.41, 5.74) is -0.116. The second-order valence-corrected chi connectivity index (χ2v) is 6.64. The van der Waals surface area contributed by atoms with E-state index in [0.29, 0.717) is 5.57 Å². The molecule has 0 unspecified atom stereocenters. The van der Waals surface area contributed by atoms with Crippen LogP contribution in [-0.2, 0) is 14.4 Å². The number of rotatable bonds is 4. The van der Waals surface area contributed by atoms with Crippen LogP contribution in [0.4, 0.5) is 0 Å². The highest BCUT2D eigenvalue weighted by Gasteiger charge is 2.63. The summed E-state index contributed by atoms with van der Waals surface area (Å²) in [5, 5.41) is 17.9. The lowest BCUT2D eigenvalue weighted by Crippen LogP contribution is -2.32. The Balaban J connectivity index is 2.38. The molecule has 2 saturated carbocycles. The van der Waals surface area contributed by atoms with Crippen molar-refractivity contribution in [1.82, 2.24) is 0 Å². The highest BCUT2D eigenvalue weighted by molar-refractivity contribution is 6.05. The Hall–Kier alpha value is -1.65. The summed E-state index contributed by atoms with van der Waals surface area (Å²) in [6, 6.07) is 0. The number of carbonyl (C=O) groups is 3. The zero-order valence-electron chi connectivity index (χ0n) is 12.0. The van der Waals surface area contributed by atoms with E-state index in [1.807, 2.05) is 20.8 Å². The Bertz CT molecular complexity index is 516. The molecule has 0 amide bonds. The summed E-state index contributed by atoms with van der Waals surface area (Å²) >= 11 is 0. The molecule has 0 aromatic rings. The van der Waals surface area contributed by atoms with Crippen LogP contribution < -0.4 is 0 Å². The van der Waals surface area contributed by atoms with Crippen LogP contribution in [0.2, 0.25) is 0 Å². The fourth-order valence-corrected chi connectivity index (χ4v) is 3.74. The largest absolute Gasteiger partial charge is 0.481 e. The molecule has 0 aromatic carbocycles. The standard InChI is InChI=1S/C15H20O5/c1-14(2)10-4-5-15(14,3)12(18)9(10)6-8(13(19)20)7-11(16)17/h6,8,10H,4-5,7H2,1-3H3,(H,16,17)(H,19,20)/t8-,10-,15+/m0/s1. The molecule has 0 saturated heterocycles. The van der Waals surface area contributed by atoms with Crippen molar-refractivity contribution in [1.29, 1.82) is 0 Å². The molecule has 5 nitrogen and oxygen atoms in total. The van der Waals surface area contributed by atoms with Crippen molar-refractivity contribution in [2.45, 2.75) is 40.0 Å². The first-order valence-corrected chi connectivity index (χ1v) is 6.82. The Morgan fingerprint density at radius 1 is 1.35 bits per heavy atom. The monoisotopic (exact) mass is 280 g/mol. The van der Waals surface area contributed by atoms with Gasteiger partial charge in [-0.2, -0.15) is 0 Å². The number of carbonyl (C=O) groups excluding carboxylic acids is 1. The first-order chi connectivity index (χ1) is 9.11. The molecule has 110 valence electrons. The molecule has 0 heterocycles. The number of carboxylic acid groups (broad SMARTS) is 2. The number of fused-ring (bicyclic) bond motifs is 2. The molecule has 0 spiro atoms. The van der Waals surface area contributed by atoms with Crippen LogP contribution in [0.15, 0.2) is 11.6 Å². The van der Waals surface area contributed by atoms with Crippen molar-refractivity contribution >= 4 is 17.7 Å². The van der Waals surface area contributed by atoms with Crippen LogP contribution in [0, 0.1) is 22.7 Å². The minimum absolute atomic E-state index is 0.00427. The summed E-state index contributed by atoms with van der Waals surface area (Å²) in [7, 11) is 0. The Morgan fingerprint density at radius 2 is 1.95 bits per heavy atom. The molecule has 0 aromatic heterocycles. The third-order valence-corrected chi connectivity index (χ3v) is 5.46. The second kappa shape index (κ2) is 4.43. The van der Waals surface area contributed by atoms with E-state index in [2.05, 4.69) is 0 Å². The fraction of sp³-hybridized carbons (Fsp3) is 0.667. The highest BCUT2D eigenvalue weighted by atomic mass is 16.4. The van der Waals surface area contributed by atoms with Crippen LogP contribution in [0.3, 0.4) is 0 Å². The first kappa shape index (κ1) is 14.8. The quantitative estimate of drug-likeness (QED) is 0.769. The van der Waals surface area contributed by atoms with Crippen LogP contribution in [-0.4, -0.2) is 27.9 Å². The number of hydrogen-bond acceptors (Lipinski definition) is 3. The molecule has 2 fully saturated rings. The minimum Gasteiger partial charge on any atom is -0.481 e. The van der Waals surface area contributed by atoms with E-state index < -0.39 is 29.7 Å². The van der Waals surface area contributed by atoms with Gasteiger partial charge in [0.05, 0.1) is 12.3 Å². The molecule has 0 aliphatic heterocycles. The van der Waals surface area contributed by atoms with Gasteiger partial charge >= 0.3 is 11.9 Å². The van der Waals surface area contributed by atoms with Crippen molar-refractivity contribution in [2.75, 3.05) is 0 Å². The lowest BCUT2D eigenvalue weighted by atomic mass is 9.70. The Kier molecular flexibility index (Phi) is 3.27. The molecular weight excluding hydrogens is 260 g/mol. The van der Waals surface area contributed by atoms with Gasteiger partial charge in [0.1, 0.15) is 0 Å². The minimum atomic E-state index is -1.20. The molecule has 20 heavy (non-hydrogen) atoms. The zero-order valence-corrected chi connectivity index (χ0v) is 12.0. The van der Waals surface area contributed by atoms with Crippen molar-refractivity contribution in [2.24, 2.45) is 22.7 Å². The number of Topliss-reactive ketones (excluding diaryl/α,β-unsaturated/α-hetero) is 1. The lowest BCUT2D eigenvalue weighted by molar-refractivity contribution is -0.146. The van der Waals surface area contributed by atoms with Gasteiger partial charge in [-0.25, -0.2) is 0 Å². The van der Waals surface area contributed by atoms with Gasteiger partial charge in [-0.15, -0.1) is 0 Å². The molecule has 2 bridgehead atoms. The van der Waals surface area contributed by atoms with E-state index >= 15 is 0 Å². The summed E-state index contributed by atoms with van der Waals surface area (Å²) < 4.78 is 0. The van der Waals surface area contributed by atoms with E-state index in [9.17, 15) is 14.4 Å². The van der Waals surface area contributed by atoms with Gasteiger partial charge in [0.2, 0.25) is 0 Å². The number of ketones is 1.